The fourth-order valence-electron chi connectivity index (χ4n) is 5.15. The number of carbonyl (C=O) groups excluding carboxylic acids is 1. The molecule has 0 atom stereocenters. The van der Waals surface area contributed by atoms with Crippen LogP contribution >= 0.6 is 0 Å². The highest BCUT2D eigenvalue weighted by atomic mass is 16.5. The van der Waals surface area contributed by atoms with E-state index in [9.17, 15) is 4.79 Å². The van der Waals surface area contributed by atoms with Gasteiger partial charge in [0.2, 0.25) is 0 Å². The Balaban J connectivity index is 1.30. The molecule has 2 aliphatic rings. The largest absolute Gasteiger partial charge is 0.496 e. The molecule has 1 aliphatic carbocycles. The average Bonchev–Trinajstić information content (AvgIpc) is 3.47. The van der Waals surface area contributed by atoms with E-state index in [0.29, 0.717) is 17.2 Å². The summed E-state index contributed by atoms with van der Waals surface area (Å²) in [6.45, 7) is 4.12. The van der Waals surface area contributed by atoms with Crippen LogP contribution in [0.4, 0.5) is 0 Å². The van der Waals surface area contributed by atoms with Crippen molar-refractivity contribution in [1.29, 1.82) is 0 Å². The van der Waals surface area contributed by atoms with Gasteiger partial charge in [0.1, 0.15) is 11.4 Å². The van der Waals surface area contributed by atoms with E-state index in [-0.39, 0.29) is 5.91 Å². The third-order valence-electron chi connectivity index (χ3n) is 6.85. The molecule has 6 nitrogen and oxygen atoms in total. The minimum atomic E-state index is 0.0556. The summed E-state index contributed by atoms with van der Waals surface area (Å²) in [6, 6.07) is 11.7. The lowest BCUT2D eigenvalue weighted by molar-refractivity contribution is 0.0625. The van der Waals surface area contributed by atoms with Gasteiger partial charge in [-0.3, -0.25) is 9.69 Å². The number of fused-ring (bicyclic) bond motifs is 1. The molecule has 1 N–H and O–H groups in total. The number of methoxy groups -OCH3 is 1. The van der Waals surface area contributed by atoms with Gasteiger partial charge in [0.25, 0.3) is 5.91 Å². The highest BCUT2D eigenvalue weighted by Gasteiger charge is 2.28. The van der Waals surface area contributed by atoms with Crippen LogP contribution in [0.2, 0.25) is 0 Å². The summed E-state index contributed by atoms with van der Waals surface area (Å²) in [6.07, 6.45) is 7.03. The van der Waals surface area contributed by atoms with Crippen LogP contribution in [0.25, 0.3) is 11.0 Å². The van der Waals surface area contributed by atoms with E-state index in [1.54, 1.807) is 7.11 Å². The first kappa shape index (κ1) is 20.1. The third-order valence-corrected chi connectivity index (χ3v) is 6.85. The van der Waals surface area contributed by atoms with Crippen LogP contribution < -0.4 is 4.74 Å². The summed E-state index contributed by atoms with van der Waals surface area (Å²) in [7, 11) is 1.61. The number of H-pyrrole nitrogens is 1. The van der Waals surface area contributed by atoms with Crippen molar-refractivity contribution in [2.75, 3.05) is 33.3 Å². The molecule has 31 heavy (non-hydrogen) atoms. The van der Waals surface area contributed by atoms with Gasteiger partial charge in [-0.05, 0) is 48.6 Å². The second-order valence-corrected chi connectivity index (χ2v) is 8.67. The highest BCUT2D eigenvalue weighted by molar-refractivity contribution is 5.97. The van der Waals surface area contributed by atoms with Crippen molar-refractivity contribution >= 4 is 16.9 Å². The summed E-state index contributed by atoms with van der Waals surface area (Å²) in [5, 5.41) is 1.25. The number of aromatic amines is 1. The molecule has 1 aliphatic heterocycles. The SMILES string of the molecule is COc1ccccc1C(=O)N1CCN(Cc2c(C3CCCC3)[nH]c3ncccc23)CC1. The second kappa shape index (κ2) is 8.71. The fraction of sp³-hybridized carbons (Fsp3) is 0.440. The molecule has 0 unspecified atom stereocenters. The molecule has 6 heteroatoms. The highest BCUT2D eigenvalue weighted by Crippen LogP contribution is 2.38. The molecular formula is C25H30N4O2. The fourth-order valence-corrected chi connectivity index (χ4v) is 5.15. The molecule has 5 rings (SSSR count). The molecule has 1 saturated heterocycles. The van der Waals surface area contributed by atoms with Gasteiger partial charge in [-0.25, -0.2) is 4.98 Å². The van der Waals surface area contributed by atoms with Crippen molar-refractivity contribution in [2.24, 2.45) is 0 Å². The number of hydrogen-bond acceptors (Lipinski definition) is 4. The Kier molecular flexibility index (Phi) is 5.64. The second-order valence-electron chi connectivity index (χ2n) is 8.67. The Morgan fingerprint density at radius 1 is 1.10 bits per heavy atom. The Hall–Kier alpha value is -2.86. The summed E-state index contributed by atoms with van der Waals surface area (Å²) in [4.78, 5) is 25.7. The predicted octanol–water partition coefficient (Wildman–Crippen LogP) is 4.19. The number of amides is 1. The van der Waals surface area contributed by atoms with Crippen molar-refractivity contribution in [1.82, 2.24) is 19.8 Å². The smallest absolute Gasteiger partial charge is 0.257 e. The van der Waals surface area contributed by atoms with Gasteiger partial charge in [-0.15, -0.1) is 0 Å². The van der Waals surface area contributed by atoms with Crippen LogP contribution in [-0.2, 0) is 6.54 Å². The molecule has 1 saturated carbocycles. The van der Waals surface area contributed by atoms with Crippen molar-refractivity contribution < 1.29 is 9.53 Å². The lowest BCUT2D eigenvalue weighted by Gasteiger charge is -2.35. The van der Waals surface area contributed by atoms with Crippen LogP contribution in [0.5, 0.6) is 5.75 Å². The number of nitrogens with zero attached hydrogens (tertiary/aromatic N) is 3. The molecule has 0 bridgehead atoms. The van der Waals surface area contributed by atoms with Gasteiger partial charge in [-0.2, -0.15) is 0 Å². The number of nitrogens with one attached hydrogen (secondary N) is 1. The van der Waals surface area contributed by atoms with Gasteiger partial charge >= 0.3 is 0 Å². The number of pyridine rings is 1. The number of rotatable bonds is 5. The van der Waals surface area contributed by atoms with Gasteiger partial charge in [0.05, 0.1) is 12.7 Å². The van der Waals surface area contributed by atoms with Gasteiger partial charge < -0.3 is 14.6 Å². The molecule has 1 aromatic carbocycles. The van der Waals surface area contributed by atoms with Gasteiger partial charge in [0, 0.05) is 50.0 Å². The van der Waals surface area contributed by atoms with E-state index in [4.69, 9.17) is 4.74 Å². The topological polar surface area (TPSA) is 61.5 Å². The quantitative estimate of drug-likeness (QED) is 0.675. The normalized spacial score (nSPS) is 18.0. The Bertz CT molecular complexity index is 1060. The number of hydrogen-bond donors (Lipinski definition) is 1. The summed E-state index contributed by atoms with van der Waals surface area (Å²) in [5.41, 5.74) is 4.44. The molecular weight excluding hydrogens is 388 g/mol. The maximum absolute atomic E-state index is 13.0. The summed E-state index contributed by atoms with van der Waals surface area (Å²) >= 11 is 0. The zero-order valence-corrected chi connectivity index (χ0v) is 18.1. The molecule has 2 aromatic heterocycles. The summed E-state index contributed by atoms with van der Waals surface area (Å²) < 4.78 is 5.38. The average molecular weight is 419 g/mol. The van der Waals surface area contributed by atoms with E-state index in [1.165, 1.54) is 42.3 Å². The number of benzene rings is 1. The van der Waals surface area contributed by atoms with Crippen molar-refractivity contribution in [2.45, 2.75) is 38.1 Å². The van der Waals surface area contributed by atoms with Crippen LogP contribution in [0.3, 0.4) is 0 Å². The van der Waals surface area contributed by atoms with E-state index in [1.807, 2.05) is 41.4 Å². The zero-order valence-electron chi connectivity index (χ0n) is 18.1. The number of aromatic nitrogens is 2. The van der Waals surface area contributed by atoms with Crippen LogP contribution in [0.15, 0.2) is 42.6 Å². The molecule has 1 amide bonds. The maximum Gasteiger partial charge on any atom is 0.257 e. The molecule has 2 fully saturated rings. The Morgan fingerprint density at radius 2 is 1.87 bits per heavy atom. The van der Waals surface area contributed by atoms with Crippen LogP contribution in [0.1, 0.15) is 53.2 Å². The van der Waals surface area contributed by atoms with Crippen LogP contribution in [-0.4, -0.2) is 59.0 Å². The lowest BCUT2D eigenvalue weighted by atomic mass is 9.98. The monoisotopic (exact) mass is 418 g/mol. The van der Waals surface area contributed by atoms with E-state index in [2.05, 4.69) is 20.9 Å². The molecule has 0 spiro atoms. The first-order valence-electron chi connectivity index (χ1n) is 11.3. The van der Waals surface area contributed by atoms with Gasteiger partial charge in [0.15, 0.2) is 0 Å². The standard InChI is InChI=1S/C25H30N4O2/c1-31-22-11-5-4-9-20(22)25(30)29-15-13-28(14-16-29)17-21-19-10-6-12-26-24(19)27-23(21)18-7-2-3-8-18/h4-6,9-12,18H,2-3,7-8,13-17H2,1H3,(H,26,27). The minimum absolute atomic E-state index is 0.0556. The summed E-state index contributed by atoms with van der Waals surface area (Å²) in [5.74, 6) is 1.32. The van der Waals surface area contributed by atoms with E-state index < -0.39 is 0 Å². The molecule has 0 radical (unpaired) electrons. The number of para-hydroxylation sites is 1. The molecule has 3 aromatic rings. The lowest BCUT2D eigenvalue weighted by Crippen LogP contribution is -2.48. The Morgan fingerprint density at radius 3 is 2.65 bits per heavy atom. The maximum atomic E-state index is 13.0. The first-order valence-corrected chi connectivity index (χ1v) is 11.3. The van der Waals surface area contributed by atoms with Crippen molar-refractivity contribution in [3.05, 3.63) is 59.4 Å². The van der Waals surface area contributed by atoms with Crippen LogP contribution in [0, 0.1) is 0 Å². The number of ether oxygens (including phenoxy) is 1. The predicted molar refractivity (Wildman–Crippen MR) is 121 cm³/mol. The Labute approximate surface area is 183 Å². The van der Waals surface area contributed by atoms with Gasteiger partial charge in [-0.1, -0.05) is 25.0 Å². The first-order chi connectivity index (χ1) is 15.2. The molecule has 3 heterocycles. The third kappa shape index (κ3) is 3.92. The van der Waals surface area contributed by atoms with Crippen molar-refractivity contribution in [3.63, 3.8) is 0 Å². The van der Waals surface area contributed by atoms with E-state index in [0.717, 1.165) is 38.4 Å². The zero-order chi connectivity index (χ0) is 21.2. The number of carbonyl (C=O) groups is 1. The van der Waals surface area contributed by atoms with Crippen molar-refractivity contribution in [3.8, 4) is 5.75 Å². The minimum Gasteiger partial charge on any atom is -0.496 e. The molecule has 162 valence electrons. The number of piperazine rings is 1. The van der Waals surface area contributed by atoms with E-state index >= 15 is 0 Å².